The van der Waals surface area contributed by atoms with Crippen LogP contribution in [0.15, 0.2) is 28.8 Å². The van der Waals surface area contributed by atoms with E-state index in [0.29, 0.717) is 13.2 Å². The van der Waals surface area contributed by atoms with Crippen LogP contribution in [0.4, 0.5) is 0 Å². The van der Waals surface area contributed by atoms with Crippen molar-refractivity contribution in [2.45, 2.75) is 13.8 Å². The topological polar surface area (TPSA) is 64.8 Å². The number of benzene rings is 1. The van der Waals surface area contributed by atoms with Gasteiger partial charge >= 0.3 is 0 Å². The lowest BCUT2D eigenvalue weighted by Crippen LogP contribution is -2.30. The largest absolute Gasteiger partial charge is 0.492 e. The maximum atomic E-state index is 12.1. The van der Waals surface area contributed by atoms with Gasteiger partial charge in [0.15, 0.2) is 0 Å². The third-order valence-corrected chi connectivity index (χ3v) is 3.15. The number of amides is 1. The number of hydrogen-bond donors (Lipinski definition) is 0. The molecule has 0 aliphatic heterocycles. The molecular weight excluding hydrogens is 284 g/mol. The van der Waals surface area contributed by atoms with Crippen LogP contribution in [0, 0.1) is 13.8 Å². The summed E-state index contributed by atoms with van der Waals surface area (Å²) in [6.07, 6.45) is 0. The lowest BCUT2D eigenvalue weighted by atomic mass is 10.1. The van der Waals surface area contributed by atoms with Crippen molar-refractivity contribution >= 4 is 5.91 Å². The molecule has 2 aromatic rings. The third-order valence-electron chi connectivity index (χ3n) is 3.15. The van der Waals surface area contributed by atoms with Gasteiger partial charge in [0.2, 0.25) is 5.76 Å². The van der Waals surface area contributed by atoms with Crippen LogP contribution in [-0.4, -0.2) is 43.3 Å². The van der Waals surface area contributed by atoms with Gasteiger partial charge in [0.05, 0.1) is 19.7 Å². The number of rotatable bonds is 6. The van der Waals surface area contributed by atoms with Crippen LogP contribution in [0.25, 0.3) is 0 Å². The molecule has 0 N–H and O–H groups in total. The van der Waals surface area contributed by atoms with Gasteiger partial charge in [0.1, 0.15) is 12.4 Å². The zero-order chi connectivity index (χ0) is 16.1. The molecule has 1 heterocycles. The first-order valence-corrected chi connectivity index (χ1v) is 6.97. The fourth-order valence-corrected chi connectivity index (χ4v) is 2.06. The Hall–Kier alpha value is -2.50. The summed E-state index contributed by atoms with van der Waals surface area (Å²) in [5, 5.41) is 3.61. The van der Waals surface area contributed by atoms with E-state index in [1.54, 1.807) is 7.05 Å². The van der Waals surface area contributed by atoms with Crippen LogP contribution in [0.1, 0.15) is 21.7 Å². The first kappa shape index (κ1) is 15.9. The summed E-state index contributed by atoms with van der Waals surface area (Å²) in [5.41, 5.74) is 2.29. The fourth-order valence-electron chi connectivity index (χ4n) is 2.06. The predicted octanol–water partition coefficient (Wildman–Crippen LogP) is 2.45. The Morgan fingerprint density at radius 1 is 1.23 bits per heavy atom. The molecule has 0 radical (unpaired) electrons. The Morgan fingerprint density at radius 2 is 1.91 bits per heavy atom. The highest BCUT2D eigenvalue weighted by Crippen LogP contribution is 2.16. The number of nitrogens with zero attached hydrogens (tertiary/aromatic N) is 2. The van der Waals surface area contributed by atoms with Crippen molar-refractivity contribution in [1.29, 1.82) is 0 Å². The Kier molecular flexibility index (Phi) is 5.04. The van der Waals surface area contributed by atoms with Crippen molar-refractivity contribution in [2.75, 3.05) is 27.3 Å². The molecule has 6 heteroatoms. The van der Waals surface area contributed by atoms with E-state index in [1.165, 1.54) is 18.1 Å². The van der Waals surface area contributed by atoms with Crippen molar-refractivity contribution in [3.05, 3.63) is 41.2 Å². The SMILES string of the molecule is COc1cc(C(=O)N(C)CCOc2cc(C)cc(C)c2)on1. The first-order valence-electron chi connectivity index (χ1n) is 6.97. The van der Waals surface area contributed by atoms with E-state index in [1.807, 2.05) is 26.0 Å². The van der Waals surface area contributed by atoms with Crippen molar-refractivity contribution < 1.29 is 18.8 Å². The summed E-state index contributed by atoms with van der Waals surface area (Å²) in [6.45, 7) is 4.88. The second-order valence-corrected chi connectivity index (χ2v) is 5.13. The van der Waals surface area contributed by atoms with Gasteiger partial charge in [-0.3, -0.25) is 4.79 Å². The average molecular weight is 304 g/mol. The lowest BCUT2D eigenvalue weighted by molar-refractivity contribution is 0.0732. The van der Waals surface area contributed by atoms with Crippen molar-refractivity contribution in [3.8, 4) is 11.6 Å². The van der Waals surface area contributed by atoms with Crippen LogP contribution >= 0.6 is 0 Å². The molecule has 22 heavy (non-hydrogen) atoms. The van der Waals surface area contributed by atoms with Gasteiger partial charge in [0, 0.05) is 7.05 Å². The molecule has 1 aromatic heterocycles. The minimum atomic E-state index is -0.264. The van der Waals surface area contributed by atoms with E-state index >= 15 is 0 Å². The molecule has 0 fully saturated rings. The Balaban J connectivity index is 1.86. The van der Waals surface area contributed by atoms with Gasteiger partial charge in [0.25, 0.3) is 11.8 Å². The van der Waals surface area contributed by atoms with Gasteiger partial charge in [-0.15, -0.1) is 0 Å². The van der Waals surface area contributed by atoms with Crippen LogP contribution in [0.5, 0.6) is 11.6 Å². The number of aromatic nitrogens is 1. The third kappa shape index (κ3) is 4.00. The summed E-state index contributed by atoms with van der Waals surface area (Å²) < 4.78 is 15.5. The van der Waals surface area contributed by atoms with Gasteiger partial charge < -0.3 is 18.9 Å². The Morgan fingerprint density at radius 3 is 2.50 bits per heavy atom. The number of hydrogen-bond acceptors (Lipinski definition) is 5. The second kappa shape index (κ2) is 6.98. The molecule has 0 aliphatic carbocycles. The maximum Gasteiger partial charge on any atom is 0.292 e. The van der Waals surface area contributed by atoms with E-state index in [4.69, 9.17) is 14.0 Å². The van der Waals surface area contributed by atoms with Crippen LogP contribution in [-0.2, 0) is 0 Å². The maximum absolute atomic E-state index is 12.1. The normalized spacial score (nSPS) is 10.4. The van der Waals surface area contributed by atoms with Gasteiger partial charge in [-0.25, -0.2) is 0 Å². The average Bonchev–Trinajstić information content (AvgIpc) is 2.94. The van der Waals surface area contributed by atoms with E-state index < -0.39 is 0 Å². The minimum Gasteiger partial charge on any atom is -0.492 e. The number of methoxy groups -OCH3 is 1. The minimum absolute atomic E-state index is 0.144. The molecule has 0 spiro atoms. The standard InChI is InChI=1S/C16H20N2O4/c1-11-7-12(2)9-13(8-11)21-6-5-18(3)16(19)14-10-15(20-4)17-22-14/h7-10H,5-6H2,1-4H3. The van der Waals surface area contributed by atoms with E-state index in [0.717, 1.165) is 16.9 Å². The highest BCUT2D eigenvalue weighted by Gasteiger charge is 2.17. The zero-order valence-corrected chi connectivity index (χ0v) is 13.3. The molecule has 118 valence electrons. The summed E-state index contributed by atoms with van der Waals surface area (Å²) >= 11 is 0. The van der Waals surface area contributed by atoms with Crippen LogP contribution in [0.3, 0.4) is 0 Å². The lowest BCUT2D eigenvalue weighted by Gasteiger charge is -2.16. The molecule has 0 saturated heterocycles. The van der Waals surface area contributed by atoms with Gasteiger partial charge in [-0.1, -0.05) is 6.07 Å². The molecule has 0 saturated carbocycles. The van der Waals surface area contributed by atoms with Gasteiger partial charge in [-0.05, 0) is 42.3 Å². The van der Waals surface area contributed by atoms with Crippen LogP contribution in [0.2, 0.25) is 0 Å². The predicted molar refractivity (Wildman–Crippen MR) is 81.4 cm³/mol. The molecule has 2 rings (SSSR count). The second-order valence-electron chi connectivity index (χ2n) is 5.13. The zero-order valence-electron chi connectivity index (χ0n) is 13.3. The fraction of sp³-hybridized carbons (Fsp3) is 0.375. The number of aryl methyl sites for hydroxylation is 2. The van der Waals surface area contributed by atoms with E-state index in [9.17, 15) is 4.79 Å². The highest BCUT2D eigenvalue weighted by molar-refractivity contribution is 5.91. The number of ether oxygens (including phenoxy) is 2. The molecule has 0 aliphatic rings. The Bertz CT molecular complexity index is 631. The van der Waals surface area contributed by atoms with Crippen molar-refractivity contribution in [2.24, 2.45) is 0 Å². The summed E-state index contributed by atoms with van der Waals surface area (Å²) in [6, 6.07) is 7.48. The number of carbonyl (C=O) groups excluding carboxylic acids is 1. The molecule has 0 atom stereocenters. The molecule has 0 unspecified atom stereocenters. The summed E-state index contributed by atoms with van der Waals surface area (Å²) in [4.78, 5) is 13.6. The number of likely N-dealkylation sites (N-methyl/N-ethyl adjacent to an activating group) is 1. The molecule has 1 amide bonds. The molecular formula is C16H20N2O4. The van der Waals surface area contributed by atoms with Gasteiger partial charge in [-0.2, -0.15) is 0 Å². The quantitative estimate of drug-likeness (QED) is 0.820. The Labute approximate surface area is 129 Å². The van der Waals surface area contributed by atoms with Crippen molar-refractivity contribution in [1.82, 2.24) is 10.1 Å². The first-order chi connectivity index (χ1) is 10.5. The van der Waals surface area contributed by atoms with E-state index in [2.05, 4.69) is 11.2 Å². The monoisotopic (exact) mass is 304 g/mol. The summed E-state index contributed by atoms with van der Waals surface area (Å²) in [7, 11) is 3.15. The van der Waals surface area contributed by atoms with Crippen LogP contribution < -0.4 is 9.47 Å². The van der Waals surface area contributed by atoms with E-state index in [-0.39, 0.29) is 17.5 Å². The van der Waals surface area contributed by atoms with Crippen molar-refractivity contribution in [3.63, 3.8) is 0 Å². The molecule has 1 aromatic carbocycles. The summed E-state index contributed by atoms with van der Waals surface area (Å²) in [5.74, 6) is 0.966. The number of carbonyl (C=O) groups is 1. The highest BCUT2D eigenvalue weighted by atomic mass is 16.5. The molecule has 6 nitrogen and oxygen atoms in total. The molecule has 0 bridgehead atoms. The smallest absolute Gasteiger partial charge is 0.292 e.